The molecule has 0 bridgehead atoms. The van der Waals surface area contributed by atoms with Crippen molar-refractivity contribution in [3.63, 3.8) is 0 Å². The monoisotopic (exact) mass is 442 g/mol. The van der Waals surface area contributed by atoms with E-state index in [1.54, 1.807) is 14.2 Å². The minimum absolute atomic E-state index is 0.00884. The van der Waals surface area contributed by atoms with Gasteiger partial charge in [0, 0.05) is 56.9 Å². The molecular weight excluding hydrogens is 408 g/mol. The van der Waals surface area contributed by atoms with Gasteiger partial charge in [-0.15, -0.1) is 0 Å². The number of piperazine rings is 1. The Labute approximate surface area is 190 Å². The molecule has 1 atom stereocenters. The second-order valence-corrected chi connectivity index (χ2v) is 8.70. The number of methoxy groups -OCH3 is 2. The fourth-order valence-electron chi connectivity index (χ4n) is 4.55. The zero-order chi connectivity index (χ0) is 22.5. The van der Waals surface area contributed by atoms with Gasteiger partial charge in [-0.2, -0.15) is 0 Å². The van der Waals surface area contributed by atoms with Crippen LogP contribution in [0.5, 0.6) is 11.5 Å². The van der Waals surface area contributed by atoms with Crippen LogP contribution in [0.3, 0.4) is 0 Å². The molecule has 1 aromatic carbocycles. The number of ether oxygens (including phenoxy) is 2. The van der Waals surface area contributed by atoms with Gasteiger partial charge in [0.15, 0.2) is 5.69 Å². The lowest BCUT2D eigenvalue weighted by atomic mass is 10.0. The summed E-state index contributed by atoms with van der Waals surface area (Å²) in [6, 6.07) is 6.24. The molecule has 0 spiro atoms. The van der Waals surface area contributed by atoms with Crippen LogP contribution in [0.25, 0.3) is 0 Å². The second-order valence-electron chi connectivity index (χ2n) is 8.70. The van der Waals surface area contributed by atoms with E-state index in [1.807, 2.05) is 17.0 Å². The standard InChI is InChI=1S/C24H34N4O4/c1-18-6-4-5-9-28(18)24(29)21-17-32-23(25-21)16-27-12-10-26(11-13-27)15-19-7-8-20(30-2)14-22(19)31-3/h7-8,14,17-18H,4-6,9-13,15-16H2,1-3H3. The Morgan fingerprint density at radius 2 is 1.81 bits per heavy atom. The first-order valence-electron chi connectivity index (χ1n) is 11.5. The van der Waals surface area contributed by atoms with E-state index >= 15 is 0 Å². The number of carbonyl (C=O) groups excluding carboxylic acids is 1. The van der Waals surface area contributed by atoms with Gasteiger partial charge in [0.25, 0.3) is 5.91 Å². The van der Waals surface area contributed by atoms with Gasteiger partial charge in [0.1, 0.15) is 17.8 Å². The predicted octanol–water partition coefficient (Wildman–Crippen LogP) is 3.02. The van der Waals surface area contributed by atoms with Crippen LogP contribution in [0.2, 0.25) is 0 Å². The van der Waals surface area contributed by atoms with Crippen LogP contribution in [0, 0.1) is 0 Å². The Morgan fingerprint density at radius 1 is 1.06 bits per heavy atom. The van der Waals surface area contributed by atoms with Crippen molar-refractivity contribution in [2.45, 2.75) is 45.3 Å². The molecular formula is C24H34N4O4. The average molecular weight is 443 g/mol. The Bertz CT molecular complexity index is 907. The predicted molar refractivity (Wildman–Crippen MR) is 121 cm³/mol. The van der Waals surface area contributed by atoms with Crippen molar-refractivity contribution < 1.29 is 18.7 Å². The normalized spacial score (nSPS) is 20.3. The smallest absolute Gasteiger partial charge is 0.276 e. The van der Waals surface area contributed by atoms with Crippen LogP contribution in [0.15, 0.2) is 28.9 Å². The zero-order valence-electron chi connectivity index (χ0n) is 19.4. The molecule has 4 rings (SSSR count). The van der Waals surface area contributed by atoms with Crippen molar-refractivity contribution in [1.29, 1.82) is 0 Å². The summed E-state index contributed by atoms with van der Waals surface area (Å²) >= 11 is 0. The zero-order valence-corrected chi connectivity index (χ0v) is 19.4. The molecule has 0 saturated carbocycles. The molecule has 0 aliphatic carbocycles. The molecule has 2 aromatic rings. The number of benzene rings is 1. The summed E-state index contributed by atoms with van der Waals surface area (Å²) in [5.41, 5.74) is 1.59. The summed E-state index contributed by atoms with van der Waals surface area (Å²) in [4.78, 5) is 24.0. The molecule has 8 nitrogen and oxygen atoms in total. The van der Waals surface area contributed by atoms with Gasteiger partial charge in [-0.25, -0.2) is 4.98 Å². The van der Waals surface area contributed by atoms with Crippen LogP contribution in [-0.2, 0) is 13.1 Å². The summed E-state index contributed by atoms with van der Waals surface area (Å²) in [5, 5.41) is 0. The number of rotatable bonds is 7. The molecule has 2 aliphatic rings. The molecule has 2 aliphatic heterocycles. The maximum atomic E-state index is 12.8. The van der Waals surface area contributed by atoms with Gasteiger partial charge < -0.3 is 18.8 Å². The van der Waals surface area contributed by atoms with Crippen LogP contribution < -0.4 is 9.47 Å². The minimum atomic E-state index is -0.00884. The van der Waals surface area contributed by atoms with Crippen molar-refractivity contribution >= 4 is 5.91 Å². The highest BCUT2D eigenvalue weighted by atomic mass is 16.5. The second kappa shape index (κ2) is 10.4. The number of likely N-dealkylation sites (tertiary alicyclic amines) is 1. The van der Waals surface area contributed by atoms with E-state index in [2.05, 4.69) is 27.8 Å². The maximum Gasteiger partial charge on any atom is 0.276 e. The van der Waals surface area contributed by atoms with Crippen LogP contribution >= 0.6 is 0 Å². The highest BCUT2D eigenvalue weighted by Crippen LogP contribution is 2.26. The van der Waals surface area contributed by atoms with Gasteiger partial charge in [-0.05, 0) is 32.3 Å². The molecule has 2 fully saturated rings. The van der Waals surface area contributed by atoms with E-state index in [-0.39, 0.29) is 11.9 Å². The number of aromatic nitrogens is 1. The van der Waals surface area contributed by atoms with Gasteiger partial charge >= 0.3 is 0 Å². The lowest BCUT2D eigenvalue weighted by Crippen LogP contribution is -2.45. The number of oxazole rings is 1. The van der Waals surface area contributed by atoms with Crippen molar-refractivity contribution in [3.8, 4) is 11.5 Å². The average Bonchev–Trinajstić information content (AvgIpc) is 3.29. The molecule has 1 amide bonds. The fourth-order valence-corrected chi connectivity index (χ4v) is 4.55. The molecule has 8 heteroatoms. The molecule has 0 N–H and O–H groups in total. The molecule has 174 valence electrons. The summed E-state index contributed by atoms with van der Waals surface area (Å²) in [5.74, 6) is 2.26. The van der Waals surface area contributed by atoms with Crippen LogP contribution in [0.1, 0.15) is 48.1 Å². The lowest BCUT2D eigenvalue weighted by molar-refractivity contribution is 0.0629. The van der Waals surface area contributed by atoms with Crippen molar-refractivity contribution in [2.24, 2.45) is 0 Å². The Morgan fingerprint density at radius 3 is 2.50 bits per heavy atom. The molecule has 3 heterocycles. The number of nitrogens with zero attached hydrogens (tertiary/aromatic N) is 4. The Hall–Kier alpha value is -2.58. The number of carbonyl (C=O) groups is 1. The largest absolute Gasteiger partial charge is 0.497 e. The Kier molecular flexibility index (Phi) is 7.32. The Balaban J connectivity index is 1.28. The molecule has 2 saturated heterocycles. The van der Waals surface area contributed by atoms with Gasteiger partial charge in [0.05, 0.1) is 20.8 Å². The molecule has 32 heavy (non-hydrogen) atoms. The molecule has 1 aromatic heterocycles. The highest BCUT2D eigenvalue weighted by molar-refractivity contribution is 5.92. The lowest BCUT2D eigenvalue weighted by Gasteiger charge is -2.34. The fraction of sp³-hybridized carbons (Fsp3) is 0.583. The van der Waals surface area contributed by atoms with Crippen LogP contribution in [-0.4, -0.2) is 78.6 Å². The van der Waals surface area contributed by atoms with Crippen molar-refractivity contribution in [3.05, 3.63) is 41.6 Å². The van der Waals surface area contributed by atoms with E-state index < -0.39 is 0 Å². The topological polar surface area (TPSA) is 71.3 Å². The first-order valence-corrected chi connectivity index (χ1v) is 11.5. The van der Waals surface area contributed by atoms with E-state index in [0.29, 0.717) is 18.1 Å². The third-order valence-corrected chi connectivity index (χ3v) is 6.55. The van der Waals surface area contributed by atoms with E-state index in [1.165, 1.54) is 12.7 Å². The van der Waals surface area contributed by atoms with Gasteiger partial charge in [-0.1, -0.05) is 6.07 Å². The van der Waals surface area contributed by atoms with Gasteiger partial charge in [-0.3, -0.25) is 14.6 Å². The number of piperidine rings is 1. The highest BCUT2D eigenvalue weighted by Gasteiger charge is 2.27. The first-order chi connectivity index (χ1) is 15.6. The van der Waals surface area contributed by atoms with E-state index in [9.17, 15) is 4.79 Å². The molecule has 0 radical (unpaired) electrons. The van der Waals surface area contributed by atoms with E-state index in [0.717, 1.165) is 69.2 Å². The number of amides is 1. The summed E-state index contributed by atoms with van der Waals surface area (Å²) < 4.78 is 16.5. The van der Waals surface area contributed by atoms with Crippen molar-refractivity contribution in [2.75, 3.05) is 46.9 Å². The van der Waals surface area contributed by atoms with Crippen LogP contribution in [0.4, 0.5) is 0 Å². The third-order valence-electron chi connectivity index (χ3n) is 6.55. The first kappa shape index (κ1) is 22.6. The minimum Gasteiger partial charge on any atom is -0.497 e. The number of hydrogen-bond donors (Lipinski definition) is 0. The SMILES string of the molecule is COc1ccc(CN2CCN(Cc3nc(C(=O)N4CCCCC4C)co3)CC2)c(OC)c1. The quantitative estimate of drug-likeness (QED) is 0.653. The van der Waals surface area contributed by atoms with E-state index in [4.69, 9.17) is 13.9 Å². The van der Waals surface area contributed by atoms with Gasteiger partial charge in [0.2, 0.25) is 5.89 Å². The van der Waals surface area contributed by atoms with Crippen molar-refractivity contribution in [1.82, 2.24) is 19.7 Å². The number of hydrogen-bond acceptors (Lipinski definition) is 7. The summed E-state index contributed by atoms with van der Waals surface area (Å²) in [7, 11) is 3.35. The third kappa shape index (κ3) is 5.24. The molecule has 1 unspecified atom stereocenters. The summed E-state index contributed by atoms with van der Waals surface area (Å²) in [6.07, 6.45) is 4.83. The maximum absolute atomic E-state index is 12.8. The summed E-state index contributed by atoms with van der Waals surface area (Å²) in [6.45, 7) is 8.14.